The topological polar surface area (TPSA) is 79.6 Å². The molecule has 19 heavy (non-hydrogen) atoms. The minimum Gasteiger partial charge on any atom is -0.350 e. The van der Waals surface area contributed by atoms with Gasteiger partial charge in [0.2, 0.25) is 5.91 Å². The van der Waals surface area contributed by atoms with Gasteiger partial charge in [0.05, 0.1) is 11.5 Å². The fourth-order valence-electron chi connectivity index (χ4n) is 1.67. The van der Waals surface area contributed by atoms with Crippen LogP contribution in [0.25, 0.3) is 0 Å². The summed E-state index contributed by atoms with van der Waals surface area (Å²) >= 11 is 0. The molecular formula is C12H18N4O3. The molecule has 0 radical (unpaired) electrons. The zero-order chi connectivity index (χ0) is 14.4. The average Bonchev–Trinajstić information content (AvgIpc) is 2.40. The minimum atomic E-state index is -0.502. The molecule has 1 rings (SSSR count). The standard InChI is InChI=1S/C12H18N4O3/c1-4-15(5-2)12(17)9-14(3)11-7-6-10(8-13-11)16(18)19/h6-8H,4-5,9H2,1-3H3. The van der Waals surface area contributed by atoms with Crippen molar-refractivity contribution >= 4 is 17.4 Å². The fraction of sp³-hybridized carbons (Fsp3) is 0.500. The maximum absolute atomic E-state index is 11.9. The van der Waals surface area contributed by atoms with E-state index in [1.165, 1.54) is 18.3 Å². The molecule has 0 aliphatic heterocycles. The van der Waals surface area contributed by atoms with Crippen molar-refractivity contribution < 1.29 is 9.72 Å². The number of hydrogen-bond donors (Lipinski definition) is 0. The number of nitrogens with zero attached hydrogens (tertiary/aromatic N) is 4. The predicted octanol–water partition coefficient (Wildman–Crippen LogP) is 1.29. The molecule has 104 valence electrons. The SMILES string of the molecule is CCN(CC)C(=O)CN(C)c1ccc([N+](=O)[O-])cn1. The van der Waals surface area contributed by atoms with E-state index in [2.05, 4.69) is 4.98 Å². The van der Waals surface area contributed by atoms with Gasteiger partial charge in [0.15, 0.2) is 0 Å². The second-order valence-electron chi connectivity index (χ2n) is 4.05. The van der Waals surface area contributed by atoms with E-state index in [9.17, 15) is 14.9 Å². The summed E-state index contributed by atoms with van der Waals surface area (Å²) in [5.74, 6) is 0.541. The molecule has 0 fully saturated rings. The van der Waals surface area contributed by atoms with Gasteiger partial charge < -0.3 is 9.80 Å². The molecular weight excluding hydrogens is 248 g/mol. The van der Waals surface area contributed by atoms with Gasteiger partial charge >= 0.3 is 0 Å². The third kappa shape index (κ3) is 3.90. The van der Waals surface area contributed by atoms with Crippen LogP contribution in [-0.4, -0.2) is 47.4 Å². The predicted molar refractivity (Wildman–Crippen MR) is 72.1 cm³/mol. The number of rotatable bonds is 6. The zero-order valence-corrected chi connectivity index (χ0v) is 11.4. The lowest BCUT2D eigenvalue weighted by molar-refractivity contribution is -0.385. The first-order valence-corrected chi connectivity index (χ1v) is 6.08. The Hall–Kier alpha value is -2.18. The summed E-state index contributed by atoms with van der Waals surface area (Å²) in [7, 11) is 1.73. The van der Waals surface area contributed by atoms with Crippen molar-refractivity contribution in [3.63, 3.8) is 0 Å². The summed E-state index contributed by atoms with van der Waals surface area (Å²) in [4.78, 5) is 29.3. The Bertz CT molecular complexity index is 443. The van der Waals surface area contributed by atoms with Gasteiger partial charge in [-0.1, -0.05) is 0 Å². The van der Waals surface area contributed by atoms with Gasteiger partial charge in [-0.2, -0.15) is 0 Å². The molecule has 0 aromatic carbocycles. The van der Waals surface area contributed by atoms with Crippen molar-refractivity contribution in [3.05, 3.63) is 28.4 Å². The van der Waals surface area contributed by atoms with E-state index in [0.29, 0.717) is 18.9 Å². The number of likely N-dealkylation sites (N-methyl/N-ethyl adjacent to an activating group) is 2. The number of aromatic nitrogens is 1. The fourth-order valence-corrected chi connectivity index (χ4v) is 1.67. The number of hydrogen-bond acceptors (Lipinski definition) is 5. The molecule has 1 aromatic rings. The van der Waals surface area contributed by atoms with Crippen molar-refractivity contribution in [3.8, 4) is 0 Å². The lowest BCUT2D eigenvalue weighted by atomic mass is 10.3. The summed E-state index contributed by atoms with van der Waals surface area (Å²) < 4.78 is 0. The number of pyridine rings is 1. The number of nitro groups is 1. The maximum Gasteiger partial charge on any atom is 0.287 e. The smallest absolute Gasteiger partial charge is 0.287 e. The second-order valence-corrected chi connectivity index (χ2v) is 4.05. The molecule has 0 unspecified atom stereocenters. The Labute approximate surface area is 112 Å². The average molecular weight is 266 g/mol. The third-order valence-electron chi connectivity index (χ3n) is 2.82. The lowest BCUT2D eigenvalue weighted by Crippen LogP contribution is -2.39. The molecule has 0 atom stereocenters. The molecule has 0 spiro atoms. The highest BCUT2D eigenvalue weighted by Crippen LogP contribution is 2.14. The molecule has 1 aromatic heterocycles. The van der Waals surface area contributed by atoms with Crippen molar-refractivity contribution in [2.75, 3.05) is 31.6 Å². The van der Waals surface area contributed by atoms with Crippen LogP contribution in [0, 0.1) is 10.1 Å². The number of carbonyl (C=O) groups is 1. The van der Waals surface area contributed by atoms with Crippen molar-refractivity contribution in [1.82, 2.24) is 9.88 Å². The van der Waals surface area contributed by atoms with E-state index in [0.717, 1.165) is 0 Å². The van der Waals surface area contributed by atoms with Gasteiger partial charge in [0.25, 0.3) is 5.69 Å². The van der Waals surface area contributed by atoms with E-state index in [4.69, 9.17) is 0 Å². The Balaban J connectivity index is 2.70. The van der Waals surface area contributed by atoms with Crippen LogP contribution in [-0.2, 0) is 4.79 Å². The highest BCUT2D eigenvalue weighted by Gasteiger charge is 2.14. The van der Waals surface area contributed by atoms with Crippen molar-refractivity contribution in [1.29, 1.82) is 0 Å². The summed E-state index contributed by atoms with van der Waals surface area (Å²) in [5.41, 5.74) is -0.0628. The Morgan fingerprint density at radius 2 is 2.00 bits per heavy atom. The van der Waals surface area contributed by atoms with Crippen LogP contribution in [0.3, 0.4) is 0 Å². The maximum atomic E-state index is 11.9. The first-order valence-electron chi connectivity index (χ1n) is 6.08. The Kier molecular flexibility index (Phi) is 5.23. The van der Waals surface area contributed by atoms with Gasteiger partial charge in [0, 0.05) is 26.2 Å². The van der Waals surface area contributed by atoms with Crippen LogP contribution in [0.5, 0.6) is 0 Å². The molecule has 0 aliphatic rings. The van der Waals surface area contributed by atoms with Crippen LogP contribution >= 0.6 is 0 Å². The van der Waals surface area contributed by atoms with Crippen molar-refractivity contribution in [2.45, 2.75) is 13.8 Å². The van der Waals surface area contributed by atoms with Gasteiger partial charge in [-0.15, -0.1) is 0 Å². The zero-order valence-electron chi connectivity index (χ0n) is 11.4. The summed E-state index contributed by atoms with van der Waals surface area (Å²) in [6.45, 7) is 5.37. The van der Waals surface area contributed by atoms with E-state index >= 15 is 0 Å². The van der Waals surface area contributed by atoms with Crippen LogP contribution in [0.1, 0.15) is 13.8 Å². The van der Waals surface area contributed by atoms with Crippen LogP contribution in [0.15, 0.2) is 18.3 Å². The van der Waals surface area contributed by atoms with Gasteiger partial charge in [0.1, 0.15) is 12.0 Å². The number of anilines is 1. The highest BCUT2D eigenvalue weighted by atomic mass is 16.6. The summed E-state index contributed by atoms with van der Waals surface area (Å²) in [5, 5.41) is 10.5. The normalized spacial score (nSPS) is 10.1. The quantitative estimate of drug-likeness (QED) is 0.572. The lowest BCUT2D eigenvalue weighted by Gasteiger charge is -2.23. The molecule has 7 heteroatoms. The molecule has 1 heterocycles. The highest BCUT2D eigenvalue weighted by molar-refractivity contribution is 5.81. The Morgan fingerprint density at radius 1 is 1.37 bits per heavy atom. The van der Waals surface area contributed by atoms with E-state index in [-0.39, 0.29) is 18.1 Å². The molecule has 0 aliphatic carbocycles. The molecule has 0 saturated heterocycles. The first kappa shape index (κ1) is 14.9. The van der Waals surface area contributed by atoms with Gasteiger partial charge in [-0.3, -0.25) is 14.9 Å². The summed E-state index contributed by atoms with van der Waals surface area (Å²) in [6, 6.07) is 2.91. The van der Waals surface area contributed by atoms with Gasteiger partial charge in [-0.05, 0) is 19.9 Å². The molecule has 0 saturated carbocycles. The van der Waals surface area contributed by atoms with Crippen LogP contribution in [0.4, 0.5) is 11.5 Å². The molecule has 0 N–H and O–H groups in total. The van der Waals surface area contributed by atoms with Crippen LogP contribution in [0.2, 0.25) is 0 Å². The number of carbonyl (C=O) groups excluding carboxylic acids is 1. The number of amides is 1. The first-order chi connectivity index (χ1) is 8.99. The minimum absolute atomic E-state index is 0.00709. The third-order valence-corrected chi connectivity index (χ3v) is 2.82. The Morgan fingerprint density at radius 3 is 2.42 bits per heavy atom. The van der Waals surface area contributed by atoms with E-state index < -0.39 is 4.92 Å². The molecule has 1 amide bonds. The molecule has 7 nitrogen and oxygen atoms in total. The van der Waals surface area contributed by atoms with Crippen molar-refractivity contribution in [2.24, 2.45) is 0 Å². The van der Waals surface area contributed by atoms with Gasteiger partial charge in [-0.25, -0.2) is 4.98 Å². The van der Waals surface area contributed by atoms with E-state index in [1.54, 1.807) is 16.8 Å². The molecule has 0 bridgehead atoms. The van der Waals surface area contributed by atoms with E-state index in [1.807, 2.05) is 13.8 Å². The van der Waals surface area contributed by atoms with Crippen LogP contribution < -0.4 is 4.90 Å². The summed E-state index contributed by atoms with van der Waals surface area (Å²) in [6.07, 6.45) is 1.19. The largest absolute Gasteiger partial charge is 0.350 e. The monoisotopic (exact) mass is 266 g/mol. The second kappa shape index (κ2) is 6.67.